The number of aromatic nitrogens is 2. The van der Waals surface area contributed by atoms with E-state index in [-0.39, 0.29) is 23.8 Å². The average molecular weight is 496 g/mol. The third-order valence-corrected chi connectivity index (χ3v) is 8.34. The van der Waals surface area contributed by atoms with Crippen molar-refractivity contribution in [1.29, 1.82) is 0 Å². The number of hydrogen-bond donors (Lipinski definition) is 1. The highest BCUT2D eigenvalue weighted by molar-refractivity contribution is 7.13. The van der Waals surface area contributed by atoms with Crippen molar-refractivity contribution >= 4 is 17.2 Å². The van der Waals surface area contributed by atoms with Gasteiger partial charge in [0.25, 0.3) is 0 Å². The first-order valence-corrected chi connectivity index (χ1v) is 13.5. The van der Waals surface area contributed by atoms with Gasteiger partial charge in [0.2, 0.25) is 5.91 Å². The molecule has 3 heterocycles. The van der Waals surface area contributed by atoms with Gasteiger partial charge in [-0.15, -0.1) is 11.3 Å². The Labute approximate surface area is 212 Å². The first kappa shape index (κ1) is 25.6. The zero-order valence-electron chi connectivity index (χ0n) is 21.6. The fraction of sp³-hybridized carbons (Fsp3) is 0.536. The van der Waals surface area contributed by atoms with Crippen LogP contribution in [0.3, 0.4) is 0 Å². The Kier molecular flexibility index (Phi) is 7.77. The molecule has 1 amide bonds. The van der Waals surface area contributed by atoms with Gasteiger partial charge in [-0.05, 0) is 55.6 Å². The van der Waals surface area contributed by atoms with Gasteiger partial charge in [0.15, 0.2) is 0 Å². The van der Waals surface area contributed by atoms with E-state index in [9.17, 15) is 9.90 Å². The van der Waals surface area contributed by atoms with Gasteiger partial charge in [0.05, 0.1) is 27.9 Å². The Bertz CT molecular complexity index is 1140. The van der Waals surface area contributed by atoms with E-state index in [2.05, 4.69) is 48.3 Å². The topological polar surface area (TPSA) is 79.5 Å². The van der Waals surface area contributed by atoms with E-state index in [0.29, 0.717) is 24.6 Å². The minimum atomic E-state index is -0.493. The van der Waals surface area contributed by atoms with E-state index < -0.39 is 12.0 Å². The molecule has 0 saturated carbocycles. The summed E-state index contributed by atoms with van der Waals surface area (Å²) in [6.45, 7) is 12.8. The van der Waals surface area contributed by atoms with Crippen LogP contribution in [0.1, 0.15) is 75.1 Å². The number of thiazole rings is 1. The summed E-state index contributed by atoms with van der Waals surface area (Å²) in [6, 6.07) is 10.6. The average Bonchev–Trinajstić information content (AvgIpc) is 3.53. The van der Waals surface area contributed by atoms with Crippen LogP contribution in [0.4, 0.5) is 0 Å². The number of amides is 1. The number of likely N-dealkylation sites (tertiary alicyclic amines) is 1. The first-order chi connectivity index (χ1) is 16.7. The van der Waals surface area contributed by atoms with Crippen LogP contribution in [0.15, 0.2) is 40.4 Å². The van der Waals surface area contributed by atoms with Crippen molar-refractivity contribution in [3.63, 3.8) is 0 Å². The number of carbonyl (C=O) groups is 1. The molecule has 188 valence electrons. The number of aliphatic hydroxyl groups excluding tert-OH is 1. The molecule has 1 unspecified atom stereocenters. The number of aliphatic hydroxyl groups is 1. The number of β-amino-alcohol motifs (C(OH)–C–C–N with tert-alkyl or cyclic N) is 1. The van der Waals surface area contributed by atoms with Gasteiger partial charge in [-0.3, -0.25) is 4.79 Å². The van der Waals surface area contributed by atoms with Crippen LogP contribution in [0.25, 0.3) is 10.4 Å². The van der Waals surface area contributed by atoms with E-state index in [0.717, 1.165) is 17.8 Å². The third-order valence-electron chi connectivity index (χ3n) is 7.36. The molecule has 0 spiro atoms. The number of carbonyl (C=O) groups excluding carboxylic acids is 1. The molecule has 0 bridgehead atoms. The highest BCUT2D eigenvalue weighted by Gasteiger charge is 2.42. The standard InChI is InChI=1S/C28H37N3O3S/c1-16(2)26(25-12-19(5)30-34-25)28(33)31-14-23(32)13-24(31)18(4)11-17(3)21-7-9-22(10-8-21)27-20(6)29-15-35-27/h7-10,12,15-18,23-24,26,32H,11,13-14H2,1-6H3/t17-,18?,23-,24+,26-/m1/s1. The van der Waals surface area contributed by atoms with Gasteiger partial charge in [0, 0.05) is 18.7 Å². The second kappa shape index (κ2) is 10.6. The lowest BCUT2D eigenvalue weighted by molar-refractivity contribution is -0.136. The van der Waals surface area contributed by atoms with Crippen molar-refractivity contribution in [2.45, 2.75) is 78.4 Å². The van der Waals surface area contributed by atoms with Gasteiger partial charge in [0.1, 0.15) is 11.7 Å². The first-order valence-electron chi connectivity index (χ1n) is 12.6. The molecule has 35 heavy (non-hydrogen) atoms. The molecule has 1 N–H and O–H groups in total. The SMILES string of the molecule is Cc1cc([C@H](C(=O)N2C[C@H](O)C[C@H]2C(C)C[C@@H](C)c2ccc(-c3scnc3C)cc2)C(C)C)on1. The number of aryl methyl sites for hydroxylation is 2. The zero-order chi connectivity index (χ0) is 25.3. The van der Waals surface area contributed by atoms with E-state index in [1.165, 1.54) is 16.0 Å². The summed E-state index contributed by atoms with van der Waals surface area (Å²) < 4.78 is 5.49. The number of nitrogens with zero attached hydrogens (tertiary/aromatic N) is 3. The molecule has 1 saturated heterocycles. The van der Waals surface area contributed by atoms with Crippen LogP contribution in [-0.4, -0.2) is 44.7 Å². The second-order valence-corrected chi connectivity index (χ2v) is 11.4. The van der Waals surface area contributed by atoms with Crippen molar-refractivity contribution in [1.82, 2.24) is 15.0 Å². The summed E-state index contributed by atoms with van der Waals surface area (Å²) in [5.41, 5.74) is 6.21. The molecule has 1 fully saturated rings. The van der Waals surface area contributed by atoms with Crippen molar-refractivity contribution in [2.24, 2.45) is 11.8 Å². The van der Waals surface area contributed by atoms with Crippen LogP contribution in [0.5, 0.6) is 0 Å². The normalized spacial score (nSPS) is 20.9. The molecule has 1 aliphatic heterocycles. The van der Waals surface area contributed by atoms with Gasteiger partial charge in [-0.25, -0.2) is 4.98 Å². The maximum Gasteiger partial charge on any atom is 0.234 e. The lowest BCUT2D eigenvalue weighted by atomic mass is 9.85. The maximum absolute atomic E-state index is 13.7. The number of hydrogen-bond acceptors (Lipinski definition) is 6. The molecule has 5 atom stereocenters. The minimum absolute atomic E-state index is 0.00401. The molecule has 3 aromatic rings. The van der Waals surface area contributed by atoms with Crippen molar-refractivity contribution in [2.75, 3.05) is 6.54 Å². The summed E-state index contributed by atoms with van der Waals surface area (Å²) in [4.78, 5) is 21.2. The quantitative estimate of drug-likeness (QED) is 0.418. The highest BCUT2D eigenvalue weighted by Crippen LogP contribution is 2.36. The Morgan fingerprint density at radius 3 is 2.49 bits per heavy atom. The smallest absolute Gasteiger partial charge is 0.234 e. The molecule has 4 rings (SSSR count). The lowest BCUT2D eigenvalue weighted by Gasteiger charge is -2.33. The highest BCUT2D eigenvalue weighted by atomic mass is 32.1. The molecule has 7 heteroatoms. The summed E-state index contributed by atoms with van der Waals surface area (Å²) in [6.07, 6.45) is 1.06. The van der Waals surface area contributed by atoms with Crippen LogP contribution in [-0.2, 0) is 4.79 Å². The molecular weight excluding hydrogens is 458 g/mol. The maximum atomic E-state index is 13.7. The Hall–Kier alpha value is -2.51. The van der Waals surface area contributed by atoms with E-state index in [1.54, 1.807) is 11.3 Å². The van der Waals surface area contributed by atoms with Gasteiger partial charge < -0.3 is 14.5 Å². The fourth-order valence-corrected chi connectivity index (χ4v) is 6.28. The Morgan fingerprint density at radius 1 is 1.20 bits per heavy atom. The van der Waals surface area contributed by atoms with Crippen LogP contribution >= 0.6 is 11.3 Å². The predicted octanol–water partition coefficient (Wildman–Crippen LogP) is 5.95. The minimum Gasteiger partial charge on any atom is -0.391 e. The van der Waals surface area contributed by atoms with E-state index >= 15 is 0 Å². The van der Waals surface area contributed by atoms with Gasteiger partial charge >= 0.3 is 0 Å². The summed E-state index contributed by atoms with van der Waals surface area (Å²) in [7, 11) is 0. The predicted molar refractivity (Wildman–Crippen MR) is 139 cm³/mol. The molecule has 2 aromatic heterocycles. The van der Waals surface area contributed by atoms with E-state index in [1.807, 2.05) is 44.2 Å². The molecular formula is C28H37N3O3S. The van der Waals surface area contributed by atoms with Crippen LogP contribution in [0, 0.1) is 25.7 Å². The number of rotatable bonds is 8. The van der Waals surface area contributed by atoms with Gasteiger partial charge in [-0.2, -0.15) is 0 Å². The largest absolute Gasteiger partial charge is 0.391 e. The Morgan fingerprint density at radius 2 is 1.91 bits per heavy atom. The summed E-state index contributed by atoms with van der Waals surface area (Å²) in [5.74, 6) is 0.911. The van der Waals surface area contributed by atoms with Crippen molar-refractivity contribution in [3.8, 4) is 10.4 Å². The number of benzene rings is 1. The van der Waals surface area contributed by atoms with E-state index in [4.69, 9.17) is 4.52 Å². The Balaban J connectivity index is 1.47. The monoisotopic (exact) mass is 495 g/mol. The molecule has 0 aliphatic carbocycles. The summed E-state index contributed by atoms with van der Waals surface area (Å²) >= 11 is 1.67. The van der Waals surface area contributed by atoms with Crippen LogP contribution in [0.2, 0.25) is 0 Å². The van der Waals surface area contributed by atoms with Crippen molar-refractivity contribution < 1.29 is 14.4 Å². The molecule has 6 nitrogen and oxygen atoms in total. The van der Waals surface area contributed by atoms with Gasteiger partial charge in [-0.1, -0.05) is 57.1 Å². The molecule has 1 aromatic carbocycles. The zero-order valence-corrected chi connectivity index (χ0v) is 22.4. The molecule has 1 aliphatic rings. The second-order valence-electron chi connectivity index (χ2n) is 10.5. The molecule has 0 radical (unpaired) electrons. The fourth-order valence-electron chi connectivity index (χ4n) is 5.47. The van der Waals surface area contributed by atoms with Crippen molar-refractivity contribution in [3.05, 3.63) is 58.6 Å². The third kappa shape index (κ3) is 5.51. The van der Waals surface area contributed by atoms with Crippen LogP contribution < -0.4 is 0 Å². The lowest BCUT2D eigenvalue weighted by Crippen LogP contribution is -2.43. The summed E-state index contributed by atoms with van der Waals surface area (Å²) in [5, 5.41) is 14.5.